The van der Waals surface area contributed by atoms with Gasteiger partial charge in [0, 0.05) is 78.5 Å². The number of aryl methyl sites for hydroxylation is 4. The van der Waals surface area contributed by atoms with Crippen LogP contribution in [0, 0.1) is 73.0 Å². The first-order chi connectivity index (χ1) is 46.3. The number of nitriles is 4. The molecular formula is C81H53N7S7. The maximum atomic E-state index is 9.60. The Bertz CT molecular complexity index is 5490. The van der Waals surface area contributed by atoms with E-state index < -0.39 is 10.8 Å². The first kappa shape index (κ1) is 61.3. The van der Waals surface area contributed by atoms with Crippen molar-refractivity contribution >= 4 is 117 Å². The zero-order chi connectivity index (χ0) is 65.4. The molecule has 0 atom stereocenters. The van der Waals surface area contributed by atoms with E-state index in [-0.39, 0.29) is 11.1 Å². The van der Waals surface area contributed by atoms with Crippen molar-refractivity contribution in [3.05, 3.63) is 318 Å². The van der Waals surface area contributed by atoms with Crippen LogP contribution in [0.5, 0.6) is 0 Å². The highest BCUT2D eigenvalue weighted by Crippen LogP contribution is 2.67. The molecular weight excluding hydrogens is 1300 g/mol. The van der Waals surface area contributed by atoms with Gasteiger partial charge in [-0.15, -0.1) is 56.7 Å². The highest BCUT2D eigenvalue weighted by Gasteiger charge is 2.53. The molecule has 0 saturated carbocycles. The van der Waals surface area contributed by atoms with Crippen molar-refractivity contribution in [1.29, 1.82) is 21.0 Å². The third kappa shape index (κ3) is 9.99. The Hall–Kier alpha value is -9.94. The second-order valence-electron chi connectivity index (χ2n) is 23.9. The van der Waals surface area contributed by atoms with Gasteiger partial charge in [-0.2, -0.15) is 29.8 Å². The van der Waals surface area contributed by atoms with Crippen LogP contribution >= 0.6 is 80.4 Å². The normalized spacial score (nSPS) is 14.4. The first-order valence-corrected chi connectivity index (χ1v) is 36.6. The average molecular weight is 1350 g/mol. The largest absolute Gasteiger partial charge is 0.216 e. The molecule has 454 valence electrons. The van der Waals surface area contributed by atoms with E-state index in [0.717, 1.165) is 53.0 Å². The molecule has 7 nitrogen and oxygen atoms in total. The van der Waals surface area contributed by atoms with Crippen molar-refractivity contribution in [1.82, 2.24) is 8.75 Å². The van der Waals surface area contributed by atoms with Gasteiger partial charge in [-0.05, 0) is 179 Å². The van der Waals surface area contributed by atoms with Crippen LogP contribution in [0.25, 0.3) is 71.7 Å². The van der Waals surface area contributed by atoms with Crippen LogP contribution < -0.4 is 0 Å². The summed E-state index contributed by atoms with van der Waals surface area (Å²) in [6.07, 6.45) is 13.1. The van der Waals surface area contributed by atoms with Crippen molar-refractivity contribution in [3.8, 4) is 65.4 Å². The minimum absolute atomic E-state index is 0.0151. The molecule has 12 aromatic rings. The predicted molar refractivity (Wildman–Crippen MR) is 401 cm³/mol. The van der Waals surface area contributed by atoms with Crippen molar-refractivity contribution in [2.45, 2.75) is 44.9 Å². The van der Waals surface area contributed by atoms with Gasteiger partial charge in [-0.3, -0.25) is 0 Å². The van der Waals surface area contributed by atoms with Crippen molar-refractivity contribution < 1.29 is 0 Å². The molecule has 3 aliphatic carbocycles. The Balaban J connectivity index is 0.936. The Morgan fingerprint density at radius 2 is 1.12 bits per heavy atom. The fourth-order valence-electron chi connectivity index (χ4n) is 13.9. The van der Waals surface area contributed by atoms with Gasteiger partial charge in [0.1, 0.15) is 41.1 Å². The number of fused-ring (bicyclic) bond motifs is 9. The Labute approximate surface area is 580 Å². The average Bonchev–Trinajstić information content (AvgIpc) is 1.50. The summed E-state index contributed by atoms with van der Waals surface area (Å²) in [7, 11) is 0. The Morgan fingerprint density at radius 1 is 0.558 bits per heavy atom. The highest BCUT2D eigenvalue weighted by molar-refractivity contribution is 7.97. The van der Waals surface area contributed by atoms with Crippen LogP contribution in [0.2, 0.25) is 0 Å². The van der Waals surface area contributed by atoms with Gasteiger partial charge >= 0.3 is 0 Å². The molecule has 3 aliphatic rings. The van der Waals surface area contributed by atoms with Crippen LogP contribution in [-0.2, 0) is 17.3 Å². The van der Waals surface area contributed by atoms with E-state index >= 15 is 0 Å². The molecule has 0 amide bonds. The highest BCUT2D eigenvalue weighted by atomic mass is 32.2. The van der Waals surface area contributed by atoms with E-state index in [4.69, 9.17) is 8.77 Å². The van der Waals surface area contributed by atoms with Gasteiger partial charge < -0.3 is 0 Å². The number of allylic oxidation sites excluding steroid dienone is 11. The van der Waals surface area contributed by atoms with Crippen LogP contribution in [0.3, 0.4) is 0 Å². The topological polar surface area (TPSA) is 133 Å². The first-order valence-electron chi connectivity index (χ1n) is 30.6. The summed E-state index contributed by atoms with van der Waals surface area (Å²) in [4.78, 5) is 8.00. The number of hydrogen-bond acceptors (Lipinski definition) is 14. The Morgan fingerprint density at radius 3 is 1.74 bits per heavy atom. The van der Waals surface area contributed by atoms with E-state index in [1.165, 1.54) is 125 Å². The summed E-state index contributed by atoms with van der Waals surface area (Å²) < 4.78 is 17.9. The second kappa shape index (κ2) is 24.4. The number of hydrogen-bond donors (Lipinski definition) is 0. The van der Waals surface area contributed by atoms with E-state index in [9.17, 15) is 21.0 Å². The molecule has 15 rings (SSSR count). The summed E-state index contributed by atoms with van der Waals surface area (Å²) in [5.74, 6) is 0. The minimum Gasteiger partial charge on any atom is -0.216 e. The molecule has 6 aromatic carbocycles. The molecule has 0 fully saturated rings. The molecule has 0 spiro atoms. The number of rotatable bonds is 14. The number of aromatic nitrogens is 2. The quantitative estimate of drug-likeness (QED) is 0.0601. The fourth-order valence-corrected chi connectivity index (χ4v) is 20.9. The van der Waals surface area contributed by atoms with Crippen molar-refractivity contribution in [2.24, 2.45) is 4.40 Å². The maximum Gasteiger partial charge on any atom is 0.130 e. The Kier molecular flexibility index (Phi) is 15.8. The van der Waals surface area contributed by atoms with Gasteiger partial charge in [-0.25, -0.2) is 4.40 Å². The monoisotopic (exact) mass is 1350 g/mol. The third-order valence-corrected chi connectivity index (χ3v) is 25.5. The lowest BCUT2D eigenvalue weighted by Crippen LogP contribution is -2.30. The van der Waals surface area contributed by atoms with E-state index in [1.54, 1.807) is 40.9 Å². The molecule has 6 aromatic heterocycles. The lowest BCUT2D eigenvalue weighted by molar-refractivity contribution is 0.762. The molecule has 6 heterocycles. The van der Waals surface area contributed by atoms with Gasteiger partial charge in [0.05, 0.1) is 38.7 Å². The second-order valence-corrected chi connectivity index (χ2v) is 30.3. The zero-order valence-corrected chi connectivity index (χ0v) is 57.8. The van der Waals surface area contributed by atoms with Gasteiger partial charge in [-0.1, -0.05) is 157 Å². The predicted octanol–water partition coefficient (Wildman–Crippen LogP) is 22.2. The van der Waals surface area contributed by atoms with Crippen LogP contribution in [0.1, 0.15) is 87.9 Å². The summed E-state index contributed by atoms with van der Waals surface area (Å²) in [6, 6.07) is 68.7. The summed E-state index contributed by atoms with van der Waals surface area (Å²) >= 11 is 11.5. The number of benzene rings is 6. The molecule has 0 unspecified atom stereocenters. The van der Waals surface area contributed by atoms with Crippen LogP contribution in [0.15, 0.2) is 234 Å². The van der Waals surface area contributed by atoms with Crippen LogP contribution in [0.4, 0.5) is 0 Å². The van der Waals surface area contributed by atoms with Gasteiger partial charge in [0.25, 0.3) is 0 Å². The summed E-state index contributed by atoms with van der Waals surface area (Å²) in [5, 5.41) is 39.3. The van der Waals surface area contributed by atoms with Crippen molar-refractivity contribution in [3.63, 3.8) is 0 Å². The third-order valence-electron chi connectivity index (χ3n) is 18.3. The lowest BCUT2D eigenvalue weighted by Gasteiger charge is -2.35. The smallest absolute Gasteiger partial charge is 0.130 e. The van der Waals surface area contributed by atoms with E-state index in [2.05, 4.69) is 203 Å². The van der Waals surface area contributed by atoms with Crippen molar-refractivity contribution in [2.75, 3.05) is 6.26 Å². The molecule has 14 heteroatoms. The molecule has 0 N–H and O–H groups in total. The van der Waals surface area contributed by atoms with Crippen LogP contribution in [-0.4, -0.2) is 20.7 Å². The summed E-state index contributed by atoms with van der Waals surface area (Å²) in [5.41, 5.74) is 22.4. The van der Waals surface area contributed by atoms with Gasteiger partial charge in [0.15, 0.2) is 0 Å². The number of nitrogens with zero attached hydrogens (tertiary/aromatic N) is 7. The summed E-state index contributed by atoms with van der Waals surface area (Å²) in [6.45, 7) is 17.2. The fraction of sp³-hybridized carbons (Fsp3) is 0.0988. The number of thiophene rings is 5. The van der Waals surface area contributed by atoms with Gasteiger partial charge in [0.2, 0.25) is 0 Å². The molecule has 0 radical (unpaired) electrons. The standard InChI is InChI=1S/C81H53N7S7/c1-8-9-58(77-66(86-95-88-77)29-18-50(41-82)42-83)67-30-32-69(90-67)72-36-53-35-60-61-37-64-62(38-63(61)80(65(60)39-71(53)92-72,54-20-10-45(2)11-21-54)55-22-12-46(3)13-23-55)78-75(81(64,56-24-14-47(4)15-25-56)57-26-16-48(5)17-27-57)79-74(94-78)40-73(93-79)70-33-31-68(91-70)59-28-19-52(34-51(43-84)44-85)49(6)76(59)87-89-7/h8-28,30-40H,1,6,29H2,2-5,7H3/b58-9-,87-76?. The molecule has 0 bridgehead atoms. The molecule has 0 aliphatic heterocycles. The molecule has 95 heavy (non-hydrogen) atoms. The zero-order valence-electron chi connectivity index (χ0n) is 52.1. The lowest BCUT2D eigenvalue weighted by atomic mass is 9.65. The van der Waals surface area contributed by atoms with E-state index in [0.29, 0.717) is 29.0 Å². The minimum atomic E-state index is -0.717. The maximum absolute atomic E-state index is 9.60. The SMILES string of the molecule is C=C/C=C(/c1ccc(-c2cc3cc4c(cc3s2)C(c2ccc(C)cc2)(c2ccc(C)cc2)c2cc3c(cc2-4)C(c2ccc(C)cc2)(c2ccc(C)cc2)c2c-3sc3cc(-c4ccc(C5=CC=C(C=C(C#N)C#N)C(=C)C5=NSC)s4)sc23)s1)c1nsnc1CC=C(C#N)C#N. The van der Waals surface area contributed by atoms with E-state index in [1.807, 2.05) is 82.8 Å². The molecule has 0 saturated heterocycles.